The van der Waals surface area contributed by atoms with Crippen LogP contribution in [-0.4, -0.2) is 51.4 Å². The lowest BCUT2D eigenvalue weighted by atomic mass is 10.1. The molecule has 0 bridgehead atoms. The standard InChI is InChI=1S/C23H24ClN3O3S2/c24-19-7-4-8-20(17-19)26-12-14-27(15-13-26)32(29,30)21-10-16-31-22(21)23(28)25-11-9-18-5-2-1-3-6-18/h1-8,10,16-17H,9,11-15H2,(H,25,28). The third kappa shape index (κ3) is 5.15. The maximum Gasteiger partial charge on any atom is 0.262 e. The number of anilines is 1. The second-order valence-electron chi connectivity index (χ2n) is 7.48. The number of thiophene rings is 1. The van der Waals surface area contributed by atoms with Crippen molar-refractivity contribution in [3.05, 3.63) is 81.5 Å². The van der Waals surface area contributed by atoms with E-state index >= 15 is 0 Å². The van der Waals surface area contributed by atoms with E-state index in [4.69, 9.17) is 11.6 Å². The SMILES string of the molecule is O=C(NCCc1ccccc1)c1sccc1S(=O)(=O)N1CCN(c2cccc(Cl)c2)CC1. The topological polar surface area (TPSA) is 69.7 Å². The molecule has 6 nitrogen and oxygen atoms in total. The van der Waals surface area contributed by atoms with Gasteiger partial charge in [-0.15, -0.1) is 11.3 Å². The van der Waals surface area contributed by atoms with Gasteiger partial charge in [-0.3, -0.25) is 4.79 Å². The van der Waals surface area contributed by atoms with Gasteiger partial charge in [-0.1, -0.05) is 48.0 Å². The van der Waals surface area contributed by atoms with Gasteiger partial charge in [0.15, 0.2) is 0 Å². The number of carbonyl (C=O) groups is 1. The fraction of sp³-hybridized carbons (Fsp3) is 0.261. The molecule has 1 aromatic heterocycles. The molecule has 1 aliphatic heterocycles. The van der Waals surface area contributed by atoms with E-state index in [1.165, 1.54) is 10.4 Å². The number of hydrogen-bond donors (Lipinski definition) is 1. The minimum Gasteiger partial charge on any atom is -0.369 e. The van der Waals surface area contributed by atoms with Crippen molar-refractivity contribution in [3.63, 3.8) is 0 Å². The van der Waals surface area contributed by atoms with Crippen molar-refractivity contribution in [3.8, 4) is 0 Å². The summed E-state index contributed by atoms with van der Waals surface area (Å²) in [6.45, 7) is 2.25. The van der Waals surface area contributed by atoms with Gasteiger partial charge in [0.2, 0.25) is 10.0 Å². The lowest BCUT2D eigenvalue weighted by molar-refractivity contribution is 0.0955. The Morgan fingerprint density at radius 2 is 1.75 bits per heavy atom. The molecular weight excluding hydrogens is 466 g/mol. The van der Waals surface area contributed by atoms with Crippen molar-refractivity contribution in [1.29, 1.82) is 0 Å². The van der Waals surface area contributed by atoms with Gasteiger partial charge in [-0.05, 0) is 41.6 Å². The minimum atomic E-state index is -3.76. The van der Waals surface area contributed by atoms with E-state index in [1.807, 2.05) is 54.6 Å². The van der Waals surface area contributed by atoms with Crippen LogP contribution in [0.4, 0.5) is 5.69 Å². The molecule has 1 saturated heterocycles. The third-order valence-corrected chi connectivity index (χ3v) is 8.63. The summed E-state index contributed by atoms with van der Waals surface area (Å²) in [5, 5.41) is 5.16. The first-order chi connectivity index (χ1) is 15.4. The number of sulfonamides is 1. The van der Waals surface area contributed by atoms with Crippen molar-refractivity contribution >= 4 is 44.6 Å². The number of rotatable bonds is 7. The molecule has 1 N–H and O–H groups in total. The third-order valence-electron chi connectivity index (χ3n) is 5.41. The molecule has 0 saturated carbocycles. The summed E-state index contributed by atoms with van der Waals surface area (Å²) in [5.74, 6) is -0.355. The van der Waals surface area contributed by atoms with E-state index in [0.29, 0.717) is 44.2 Å². The monoisotopic (exact) mass is 489 g/mol. The van der Waals surface area contributed by atoms with Crippen molar-refractivity contribution in [2.45, 2.75) is 11.3 Å². The molecule has 2 aromatic carbocycles. The number of nitrogens with one attached hydrogen (secondary N) is 1. The number of amides is 1. The first-order valence-corrected chi connectivity index (χ1v) is 13.1. The molecule has 4 rings (SSSR count). The van der Waals surface area contributed by atoms with Crippen molar-refractivity contribution in [1.82, 2.24) is 9.62 Å². The Labute approximate surface area is 197 Å². The van der Waals surface area contributed by atoms with Gasteiger partial charge in [-0.25, -0.2) is 8.42 Å². The van der Waals surface area contributed by atoms with Gasteiger partial charge in [0.1, 0.15) is 9.77 Å². The molecule has 3 aromatic rings. The Hall–Kier alpha value is -2.39. The Morgan fingerprint density at radius 3 is 2.47 bits per heavy atom. The Kier molecular flexibility index (Phi) is 7.15. The van der Waals surface area contributed by atoms with Crippen LogP contribution >= 0.6 is 22.9 Å². The zero-order valence-electron chi connectivity index (χ0n) is 17.4. The number of piperazine rings is 1. The molecule has 1 fully saturated rings. The number of hydrogen-bond acceptors (Lipinski definition) is 5. The molecule has 1 aliphatic rings. The van der Waals surface area contributed by atoms with Gasteiger partial charge >= 0.3 is 0 Å². The van der Waals surface area contributed by atoms with Crippen LogP contribution in [-0.2, 0) is 16.4 Å². The predicted molar refractivity (Wildman–Crippen MR) is 129 cm³/mol. The first-order valence-electron chi connectivity index (χ1n) is 10.4. The lowest BCUT2D eigenvalue weighted by Crippen LogP contribution is -2.48. The number of carbonyl (C=O) groups excluding carboxylic acids is 1. The average Bonchev–Trinajstić information content (AvgIpc) is 3.31. The van der Waals surface area contributed by atoms with Crippen LogP contribution < -0.4 is 10.2 Å². The smallest absolute Gasteiger partial charge is 0.262 e. The number of benzene rings is 2. The zero-order valence-corrected chi connectivity index (χ0v) is 19.8. The van der Waals surface area contributed by atoms with E-state index < -0.39 is 10.0 Å². The predicted octanol–water partition coefficient (Wildman–Crippen LogP) is 3.88. The maximum atomic E-state index is 13.3. The minimum absolute atomic E-state index is 0.0796. The Balaban J connectivity index is 1.39. The number of halogens is 1. The zero-order chi connectivity index (χ0) is 22.6. The van der Waals surface area contributed by atoms with E-state index in [2.05, 4.69) is 10.2 Å². The molecule has 32 heavy (non-hydrogen) atoms. The van der Waals surface area contributed by atoms with Crippen molar-refractivity contribution in [2.24, 2.45) is 0 Å². The average molecular weight is 490 g/mol. The van der Waals surface area contributed by atoms with Crippen LogP contribution in [0.2, 0.25) is 5.02 Å². The first kappa shape index (κ1) is 22.8. The van der Waals surface area contributed by atoms with E-state index in [9.17, 15) is 13.2 Å². The highest BCUT2D eigenvalue weighted by Gasteiger charge is 2.32. The maximum absolute atomic E-state index is 13.3. The van der Waals surface area contributed by atoms with Crippen LogP contribution in [0.15, 0.2) is 70.9 Å². The second kappa shape index (κ2) is 10.0. The van der Waals surface area contributed by atoms with Gasteiger partial charge in [0.05, 0.1) is 0 Å². The van der Waals surface area contributed by atoms with Crippen LogP contribution in [0, 0.1) is 0 Å². The molecule has 168 valence electrons. The molecule has 9 heteroatoms. The fourth-order valence-electron chi connectivity index (χ4n) is 3.71. The van der Waals surface area contributed by atoms with Crippen molar-refractivity contribution in [2.75, 3.05) is 37.6 Å². The summed E-state index contributed by atoms with van der Waals surface area (Å²) in [7, 11) is -3.76. The van der Waals surface area contributed by atoms with Crippen molar-refractivity contribution < 1.29 is 13.2 Å². The molecule has 0 spiro atoms. The summed E-state index contributed by atoms with van der Waals surface area (Å²) < 4.78 is 28.0. The van der Waals surface area contributed by atoms with Crippen LogP contribution in [0.25, 0.3) is 0 Å². The Bertz CT molecular complexity index is 1170. The normalized spacial score (nSPS) is 15.0. The molecule has 2 heterocycles. The quantitative estimate of drug-likeness (QED) is 0.546. The highest BCUT2D eigenvalue weighted by Crippen LogP contribution is 2.27. The number of nitrogens with zero attached hydrogens (tertiary/aromatic N) is 2. The molecule has 1 amide bonds. The van der Waals surface area contributed by atoms with Crippen LogP contribution in [0.1, 0.15) is 15.2 Å². The van der Waals surface area contributed by atoms with Crippen LogP contribution in [0.3, 0.4) is 0 Å². The molecule has 0 aliphatic carbocycles. The summed E-state index contributed by atoms with van der Waals surface area (Å²) in [6.07, 6.45) is 0.686. The van der Waals surface area contributed by atoms with E-state index in [1.54, 1.807) is 5.38 Å². The highest BCUT2D eigenvalue weighted by molar-refractivity contribution is 7.89. The van der Waals surface area contributed by atoms with Gasteiger partial charge in [-0.2, -0.15) is 4.31 Å². The molecule has 0 unspecified atom stereocenters. The molecular formula is C23H24ClN3O3S2. The Morgan fingerprint density at radius 1 is 1.00 bits per heavy atom. The fourth-order valence-corrected chi connectivity index (χ4v) is 6.63. The van der Waals surface area contributed by atoms with E-state index in [-0.39, 0.29) is 15.7 Å². The second-order valence-corrected chi connectivity index (χ2v) is 10.7. The molecule has 0 radical (unpaired) electrons. The lowest BCUT2D eigenvalue weighted by Gasteiger charge is -2.35. The largest absolute Gasteiger partial charge is 0.369 e. The van der Waals surface area contributed by atoms with Gasteiger partial charge < -0.3 is 10.2 Å². The summed E-state index contributed by atoms with van der Waals surface area (Å²) in [6, 6.07) is 18.9. The van der Waals surface area contributed by atoms with Gasteiger partial charge in [0, 0.05) is 43.4 Å². The summed E-state index contributed by atoms with van der Waals surface area (Å²) in [5.41, 5.74) is 2.09. The summed E-state index contributed by atoms with van der Waals surface area (Å²) >= 11 is 7.23. The van der Waals surface area contributed by atoms with Gasteiger partial charge in [0.25, 0.3) is 5.91 Å². The summed E-state index contributed by atoms with van der Waals surface area (Å²) in [4.78, 5) is 15.1. The molecule has 0 atom stereocenters. The van der Waals surface area contributed by atoms with Crippen LogP contribution in [0.5, 0.6) is 0 Å². The van der Waals surface area contributed by atoms with E-state index in [0.717, 1.165) is 22.6 Å². The highest BCUT2D eigenvalue weighted by atomic mass is 35.5.